The Morgan fingerprint density at radius 2 is 2.33 bits per heavy atom. The Balaban J connectivity index is 2.13. The van der Waals surface area contributed by atoms with Crippen molar-refractivity contribution in [3.05, 3.63) is 23.9 Å². The standard InChI is InChI=1S/C15H24N2S/c1-3-5-11-17-12-7-9-14(17)13-8-6-10-16-15(13)18-4-2/h6,8,10,14H,3-5,7,9,11-12H2,1-2H3/t14-/m1/s1. The van der Waals surface area contributed by atoms with Crippen molar-refractivity contribution < 1.29 is 0 Å². The molecule has 1 aliphatic rings. The van der Waals surface area contributed by atoms with Crippen LogP contribution in [0.5, 0.6) is 0 Å². The number of pyridine rings is 1. The van der Waals surface area contributed by atoms with Gasteiger partial charge in [-0.2, -0.15) is 0 Å². The van der Waals surface area contributed by atoms with Gasteiger partial charge >= 0.3 is 0 Å². The normalized spacial score (nSPS) is 20.4. The van der Waals surface area contributed by atoms with Crippen LogP contribution in [-0.2, 0) is 0 Å². The molecule has 18 heavy (non-hydrogen) atoms. The van der Waals surface area contributed by atoms with Gasteiger partial charge in [0.05, 0.1) is 0 Å². The molecule has 1 fully saturated rings. The Hall–Kier alpha value is -0.540. The molecule has 0 radical (unpaired) electrons. The van der Waals surface area contributed by atoms with E-state index in [0.29, 0.717) is 6.04 Å². The van der Waals surface area contributed by atoms with Crippen LogP contribution in [0.15, 0.2) is 23.4 Å². The zero-order chi connectivity index (χ0) is 12.8. The molecule has 1 saturated heterocycles. The van der Waals surface area contributed by atoms with Gasteiger partial charge in [0.2, 0.25) is 0 Å². The van der Waals surface area contributed by atoms with Gasteiger partial charge in [0, 0.05) is 17.8 Å². The Labute approximate surface area is 115 Å². The number of likely N-dealkylation sites (tertiary alicyclic amines) is 1. The molecule has 2 rings (SSSR count). The minimum atomic E-state index is 0.610. The first-order chi connectivity index (χ1) is 8.86. The van der Waals surface area contributed by atoms with Gasteiger partial charge in [-0.15, -0.1) is 11.8 Å². The number of hydrogen-bond donors (Lipinski definition) is 0. The number of nitrogens with zero attached hydrogens (tertiary/aromatic N) is 2. The molecule has 0 bridgehead atoms. The fourth-order valence-electron chi connectivity index (χ4n) is 2.72. The highest BCUT2D eigenvalue weighted by Gasteiger charge is 2.27. The van der Waals surface area contributed by atoms with Crippen molar-refractivity contribution in [2.24, 2.45) is 0 Å². The van der Waals surface area contributed by atoms with Crippen molar-refractivity contribution in [3.63, 3.8) is 0 Å². The molecular weight excluding hydrogens is 240 g/mol. The van der Waals surface area contributed by atoms with Crippen LogP contribution in [0, 0.1) is 0 Å². The van der Waals surface area contributed by atoms with Crippen LogP contribution in [-0.4, -0.2) is 28.7 Å². The van der Waals surface area contributed by atoms with Crippen LogP contribution in [0.1, 0.15) is 51.1 Å². The average molecular weight is 264 g/mol. The molecule has 0 saturated carbocycles. The van der Waals surface area contributed by atoms with E-state index in [1.165, 1.54) is 49.4 Å². The van der Waals surface area contributed by atoms with E-state index in [1.807, 2.05) is 18.0 Å². The highest BCUT2D eigenvalue weighted by atomic mass is 32.2. The van der Waals surface area contributed by atoms with Gasteiger partial charge in [0.15, 0.2) is 0 Å². The lowest BCUT2D eigenvalue weighted by atomic mass is 10.1. The van der Waals surface area contributed by atoms with Crippen LogP contribution in [0.4, 0.5) is 0 Å². The summed E-state index contributed by atoms with van der Waals surface area (Å²) < 4.78 is 0. The van der Waals surface area contributed by atoms with Crippen LogP contribution in [0.25, 0.3) is 0 Å². The second-order valence-electron chi connectivity index (χ2n) is 4.88. The zero-order valence-corrected chi connectivity index (χ0v) is 12.4. The fourth-order valence-corrected chi connectivity index (χ4v) is 3.50. The summed E-state index contributed by atoms with van der Waals surface area (Å²) in [6.07, 6.45) is 7.15. The third-order valence-corrected chi connectivity index (χ3v) is 4.51. The quantitative estimate of drug-likeness (QED) is 0.719. The lowest BCUT2D eigenvalue weighted by molar-refractivity contribution is 0.250. The lowest BCUT2D eigenvalue weighted by Crippen LogP contribution is -2.24. The summed E-state index contributed by atoms with van der Waals surface area (Å²) in [4.78, 5) is 7.22. The third kappa shape index (κ3) is 3.27. The predicted octanol–water partition coefficient (Wildman–Crippen LogP) is 4.13. The molecule has 1 aliphatic heterocycles. The molecule has 1 aromatic rings. The van der Waals surface area contributed by atoms with E-state index in [9.17, 15) is 0 Å². The molecule has 0 spiro atoms. The van der Waals surface area contributed by atoms with Gasteiger partial charge in [0.25, 0.3) is 0 Å². The second kappa shape index (κ2) is 7.15. The maximum atomic E-state index is 4.56. The molecule has 2 nitrogen and oxygen atoms in total. The fraction of sp³-hybridized carbons (Fsp3) is 0.667. The highest BCUT2D eigenvalue weighted by Crippen LogP contribution is 2.36. The van der Waals surface area contributed by atoms with E-state index in [-0.39, 0.29) is 0 Å². The van der Waals surface area contributed by atoms with Crippen molar-refractivity contribution in [2.45, 2.75) is 50.6 Å². The van der Waals surface area contributed by atoms with Crippen molar-refractivity contribution in [1.82, 2.24) is 9.88 Å². The van der Waals surface area contributed by atoms with Crippen molar-refractivity contribution >= 4 is 11.8 Å². The minimum Gasteiger partial charge on any atom is -0.296 e. The van der Waals surface area contributed by atoms with Gasteiger partial charge in [-0.3, -0.25) is 4.90 Å². The summed E-state index contributed by atoms with van der Waals surface area (Å²) in [5, 5.41) is 1.24. The molecule has 100 valence electrons. The van der Waals surface area contributed by atoms with E-state index >= 15 is 0 Å². The molecule has 3 heteroatoms. The Kier molecular flexibility index (Phi) is 5.51. The average Bonchev–Trinajstić information content (AvgIpc) is 2.85. The second-order valence-corrected chi connectivity index (χ2v) is 6.13. The number of hydrogen-bond acceptors (Lipinski definition) is 3. The van der Waals surface area contributed by atoms with E-state index in [4.69, 9.17) is 0 Å². The molecule has 1 atom stereocenters. The van der Waals surface area contributed by atoms with Crippen molar-refractivity contribution in [1.29, 1.82) is 0 Å². The Morgan fingerprint density at radius 3 is 3.11 bits per heavy atom. The predicted molar refractivity (Wildman–Crippen MR) is 79.1 cm³/mol. The van der Waals surface area contributed by atoms with Gasteiger partial charge in [0.1, 0.15) is 5.03 Å². The summed E-state index contributed by atoms with van der Waals surface area (Å²) in [6.45, 7) is 6.97. The Morgan fingerprint density at radius 1 is 1.44 bits per heavy atom. The van der Waals surface area contributed by atoms with Crippen molar-refractivity contribution in [2.75, 3.05) is 18.8 Å². The van der Waals surface area contributed by atoms with Crippen molar-refractivity contribution in [3.8, 4) is 0 Å². The summed E-state index contributed by atoms with van der Waals surface area (Å²) >= 11 is 1.88. The topological polar surface area (TPSA) is 16.1 Å². The number of rotatable bonds is 6. The number of unbranched alkanes of at least 4 members (excludes halogenated alkanes) is 1. The molecule has 2 heterocycles. The molecule has 0 aromatic carbocycles. The van der Waals surface area contributed by atoms with E-state index in [0.717, 1.165) is 5.75 Å². The monoisotopic (exact) mass is 264 g/mol. The van der Waals surface area contributed by atoms with Gasteiger partial charge in [-0.25, -0.2) is 4.98 Å². The molecule has 0 unspecified atom stereocenters. The smallest absolute Gasteiger partial charge is 0.101 e. The van der Waals surface area contributed by atoms with Crippen LogP contribution in [0.2, 0.25) is 0 Å². The SMILES string of the molecule is CCCCN1CCC[C@@H]1c1cccnc1SCC. The van der Waals surface area contributed by atoms with Gasteiger partial charge in [-0.1, -0.05) is 26.3 Å². The maximum Gasteiger partial charge on any atom is 0.101 e. The maximum absolute atomic E-state index is 4.56. The summed E-state index contributed by atoms with van der Waals surface area (Å²) in [6, 6.07) is 4.98. The molecule has 0 aliphatic carbocycles. The summed E-state index contributed by atoms with van der Waals surface area (Å²) in [5.74, 6) is 1.10. The summed E-state index contributed by atoms with van der Waals surface area (Å²) in [5.41, 5.74) is 1.46. The minimum absolute atomic E-state index is 0.610. The van der Waals surface area contributed by atoms with Gasteiger partial charge < -0.3 is 0 Å². The first kappa shape index (κ1) is 13.9. The largest absolute Gasteiger partial charge is 0.296 e. The molecular formula is C15H24N2S. The molecule has 0 amide bonds. The van der Waals surface area contributed by atoms with Crippen LogP contribution in [0.3, 0.4) is 0 Å². The van der Waals surface area contributed by atoms with E-state index < -0.39 is 0 Å². The van der Waals surface area contributed by atoms with Gasteiger partial charge in [-0.05, 0) is 44.2 Å². The number of aromatic nitrogens is 1. The number of thioether (sulfide) groups is 1. The zero-order valence-electron chi connectivity index (χ0n) is 11.6. The van der Waals surface area contributed by atoms with E-state index in [1.54, 1.807) is 0 Å². The summed E-state index contributed by atoms with van der Waals surface area (Å²) in [7, 11) is 0. The Bertz CT molecular complexity index is 367. The first-order valence-electron chi connectivity index (χ1n) is 7.18. The molecule has 0 N–H and O–H groups in total. The first-order valence-corrected chi connectivity index (χ1v) is 8.17. The van der Waals surface area contributed by atoms with E-state index in [2.05, 4.69) is 35.9 Å². The lowest BCUT2D eigenvalue weighted by Gasteiger charge is -2.25. The highest BCUT2D eigenvalue weighted by molar-refractivity contribution is 7.99. The van der Waals surface area contributed by atoms with Crippen LogP contribution >= 0.6 is 11.8 Å². The molecule has 1 aromatic heterocycles. The van der Waals surface area contributed by atoms with Crippen LogP contribution < -0.4 is 0 Å². The third-order valence-electron chi connectivity index (χ3n) is 3.60.